The molecule has 4 aromatic rings. The van der Waals surface area contributed by atoms with E-state index < -0.39 is 42.7 Å². The summed E-state index contributed by atoms with van der Waals surface area (Å²) in [6.07, 6.45) is -3.94. The van der Waals surface area contributed by atoms with Crippen molar-refractivity contribution in [1.82, 2.24) is 9.78 Å². The van der Waals surface area contributed by atoms with Crippen LogP contribution in [-0.2, 0) is 17.8 Å². The molecule has 43 heavy (non-hydrogen) atoms. The monoisotopic (exact) mass is 595 g/mol. The van der Waals surface area contributed by atoms with E-state index in [-0.39, 0.29) is 39.1 Å². The van der Waals surface area contributed by atoms with Crippen molar-refractivity contribution in [3.05, 3.63) is 83.3 Å². The summed E-state index contributed by atoms with van der Waals surface area (Å²) in [5.74, 6) is -2.16. The molecule has 3 N–H and O–H groups in total. The summed E-state index contributed by atoms with van der Waals surface area (Å²) in [5.41, 5.74) is 1.15. The Hall–Kier alpha value is -4.94. The molecule has 2 unspecified atom stereocenters. The maximum Gasteiger partial charge on any atom is 0.408 e. The van der Waals surface area contributed by atoms with Gasteiger partial charge < -0.3 is 20.6 Å². The van der Waals surface area contributed by atoms with Gasteiger partial charge in [-0.15, -0.1) is 0 Å². The summed E-state index contributed by atoms with van der Waals surface area (Å²) >= 11 is 0. The Labute approximate surface area is 242 Å². The lowest BCUT2D eigenvalue weighted by Gasteiger charge is -2.24. The zero-order valence-corrected chi connectivity index (χ0v) is 22.5. The molecule has 0 radical (unpaired) electrons. The van der Waals surface area contributed by atoms with Crippen molar-refractivity contribution < 1.29 is 37.1 Å². The van der Waals surface area contributed by atoms with E-state index in [2.05, 4.69) is 20.6 Å². The first-order valence-corrected chi connectivity index (χ1v) is 13.5. The predicted molar refractivity (Wildman–Crippen MR) is 150 cm³/mol. The maximum atomic E-state index is 13.8. The number of carbonyl (C=O) groups is 3. The number of para-hydroxylation sites is 1. The number of hydrogen-bond donors (Lipinski definition) is 3. The van der Waals surface area contributed by atoms with Gasteiger partial charge >= 0.3 is 12.1 Å². The molecule has 13 heteroatoms. The second-order valence-electron chi connectivity index (χ2n) is 10.8. The Kier molecular flexibility index (Phi) is 7.03. The molecule has 1 saturated carbocycles. The van der Waals surface area contributed by atoms with Crippen LogP contribution in [0.2, 0.25) is 0 Å². The van der Waals surface area contributed by atoms with Crippen molar-refractivity contribution in [3.8, 4) is 0 Å². The van der Waals surface area contributed by atoms with Crippen LogP contribution in [-0.4, -0.2) is 51.9 Å². The normalized spacial score (nSPS) is 17.5. The average Bonchev–Trinajstić information content (AvgIpc) is 3.38. The molecule has 2 aliphatic rings. The molecule has 6 rings (SSSR count). The van der Waals surface area contributed by atoms with Crippen molar-refractivity contribution in [1.29, 1.82) is 0 Å². The number of aliphatic carboxylic acids is 1. The van der Waals surface area contributed by atoms with Crippen molar-refractivity contribution in [2.24, 2.45) is 11.8 Å². The topological polar surface area (TPSA) is 117 Å². The SMILES string of the molecule is O=C(O)Cc1cc(F)ccc1NC(=O)c1ccc(N2CC3CC3C2)c(NC(=O)c2nn(CC(F)(F)F)c3ccccc23)c1. The highest BCUT2D eigenvalue weighted by Gasteiger charge is 2.45. The standard InChI is InChI=1S/C30H25F4N5O4/c31-20-6-7-22(17(10-20)12-26(40)41)35-28(42)16-5-8-25(38-13-18-9-19(18)14-38)23(11-16)36-29(43)27-21-3-1-2-4-24(21)39(37-27)15-30(32,33)34/h1-8,10-11,18-19H,9,12-15H2,(H,35,42)(H,36,43)(H,40,41). The zero-order valence-electron chi connectivity index (χ0n) is 22.5. The van der Waals surface area contributed by atoms with Crippen LogP contribution >= 0.6 is 0 Å². The average molecular weight is 596 g/mol. The lowest BCUT2D eigenvalue weighted by molar-refractivity contribution is -0.142. The van der Waals surface area contributed by atoms with Crippen LogP contribution < -0.4 is 15.5 Å². The first kappa shape index (κ1) is 28.2. The van der Waals surface area contributed by atoms with Crippen LogP contribution in [0, 0.1) is 17.7 Å². The molecule has 9 nitrogen and oxygen atoms in total. The molecule has 3 aromatic carbocycles. The molecule has 2 heterocycles. The van der Waals surface area contributed by atoms with Gasteiger partial charge in [-0.3, -0.25) is 19.1 Å². The summed E-state index contributed by atoms with van der Waals surface area (Å²) in [7, 11) is 0. The van der Waals surface area contributed by atoms with Gasteiger partial charge in [0.15, 0.2) is 5.69 Å². The van der Waals surface area contributed by atoms with Gasteiger partial charge in [0.05, 0.1) is 23.3 Å². The fraction of sp³-hybridized carbons (Fsp3) is 0.267. The molecule has 1 aliphatic carbocycles. The molecular formula is C30H25F4N5O4. The number of rotatable bonds is 8. The highest BCUT2D eigenvalue weighted by atomic mass is 19.4. The Morgan fingerprint density at radius 3 is 2.37 bits per heavy atom. The van der Waals surface area contributed by atoms with Crippen LogP contribution in [0.5, 0.6) is 0 Å². The number of alkyl halides is 3. The van der Waals surface area contributed by atoms with E-state index >= 15 is 0 Å². The third kappa shape index (κ3) is 6.01. The van der Waals surface area contributed by atoms with Crippen molar-refractivity contribution >= 4 is 45.7 Å². The van der Waals surface area contributed by atoms with Crippen LogP contribution in [0.25, 0.3) is 10.9 Å². The van der Waals surface area contributed by atoms with Crippen LogP contribution in [0.15, 0.2) is 60.7 Å². The molecule has 222 valence electrons. The minimum Gasteiger partial charge on any atom is -0.481 e. The highest BCUT2D eigenvalue weighted by molar-refractivity contribution is 6.13. The van der Waals surface area contributed by atoms with Gasteiger partial charge in [0.25, 0.3) is 11.8 Å². The van der Waals surface area contributed by atoms with E-state index in [1.807, 2.05) is 0 Å². The largest absolute Gasteiger partial charge is 0.481 e. The fourth-order valence-corrected chi connectivity index (χ4v) is 5.60. The Morgan fingerprint density at radius 1 is 0.930 bits per heavy atom. The third-order valence-electron chi connectivity index (χ3n) is 7.69. The first-order valence-electron chi connectivity index (χ1n) is 13.5. The number of carboxylic acids is 1. The van der Waals surface area contributed by atoms with Gasteiger partial charge in [0.1, 0.15) is 12.4 Å². The Morgan fingerprint density at radius 2 is 1.65 bits per heavy atom. The van der Waals surface area contributed by atoms with Crippen molar-refractivity contribution in [2.75, 3.05) is 28.6 Å². The van der Waals surface area contributed by atoms with E-state index in [0.717, 1.165) is 36.3 Å². The lowest BCUT2D eigenvalue weighted by Crippen LogP contribution is -2.25. The number of benzene rings is 3. The number of amides is 2. The third-order valence-corrected chi connectivity index (χ3v) is 7.69. The summed E-state index contributed by atoms with van der Waals surface area (Å²) in [6.45, 7) is 0.151. The minimum absolute atomic E-state index is 0.0728. The summed E-state index contributed by atoms with van der Waals surface area (Å²) < 4.78 is 54.2. The number of hydrogen-bond acceptors (Lipinski definition) is 5. The fourth-order valence-electron chi connectivity index (χ4n) is 5.60. The van der Waals surface area contributed by atoms with Gasteiger partial charge in [0, 0.05) is 29.7 Å². The molecule has 0 spiro atoms. The van der Waals surface area contributed by atoms with Gasteiger partial charge in [0.2, 0.25) is 0 Å². The smallest absolute Gasteiger partial charge is 0.408 e. The number of fused-ring (bicyclic) bond motifs is 2. The predicted octanol–water partition coefficient (Wildman–Crippen LogP) is 5.33. The molecule has 1 saturated heterocycles. The van der Waals surface area contributed by atoms with E-state index in [1.54, 1.807) is 24.3 Å². The van der Waals surface area contributed by atoms with E-state index in [0.29, 0.717) is 17.5 Å². The number of nitrogens with one attached hydrogen (secondary N) is 2. The van der Waals surface area contributed by atoms with E-state index in [4.69, 9.17) is 0 Å². The number of halogens is 4. The molecule has 1 aliphatic heterocycles. The van der Waals surface area contributed by atoms with Gasteiger partial charge in [-0.2, -0.15) is 18.3 Å². The first-order chi connectivity index (χ1) is 20.4. The summed E-state index contributed by atoms with van der Waals surface area (Å²) in [6, 6.07) is 14.2. The van der Waals surface area contributed by atoms with Crippen LogP contribution in [0.4, 0.5) is 34.6 Å². The second kappa shape index (κ2) is 10.7. The van der Waals surface area contributed by atoms with Gasteiger partial charge in [-0.25, -0.2) is 4.39 Å². The number of anilines is 3. The molecule has 2 atom stereocenters. The maximum absolute atomic E-state index is 13.8. The second-order valence-corrected chi connectivity index (χ2v) is 10.8. The van der Waals surface area contributed by atoms with Crippen molar-refractivity contribution in [3.63, 3.8) is 0 Å². The van der Waals surface area contributed by atoms with Crippen molar-refractivity contribution in [2.45, 2.75) is 25.6 Å². The molecule has 2 amide bonds. The number of carboxylic acid groups (broad SMARTS) is 1. The minimum atomic E-state index is -4.55. The molecule has 0 bridgehead atoms. The Bertz CT molecular complexity index is 1760. The van der Waals surface area contributed by atoms with Gasteiger partial charge in [-0.1, -0.05) is 18.2 Å². The molecule has 2 fully saturated rings. The zero-order chi connectivity index (χ0) is 30.5. The van der Waals surface area contributed by atoms with E-state index in [9.17, 15) is 37.1 Å². The van der Waals surface area contributed by atoms with E-state index in [1.165, 1.54) is 24.3 Å². The summed E-state index contributed by atoms with van der Waals surface area (Å²) in [5, 5.41) is 18.8. The number of piperidine rings is 1. The number of aromatic nitrogens is 2. The number of carbonyl (C=O) groups excluding carboxylic acids is 2. The van der Waals surface area contributed by atoms with Crippen LogP contribution in [0.3, 0.4) is 0 Å². The van der Waals surface area contributed by atoms with Crippen LogP contribution in [0.1, 0.15) is 32.8 Å². The molecular weight excluding hydrogens is 570 g/mol. The molecule has 1 aromatic heterocycles. The lowest BCUT2D eigenvalue weighted by atomic mass is 10.1. The quantitative estimate of drug-likeness (QED) is 0.237. The highest BCUT2D eigenvalue weighted by Crippen LogP contribution is 2.47. The number of nitrogens with zero attached hydrogens (tertiary/aromatic N) is 3. The Balaban J connectivity index is 1.32. The summed E-state index contributed by atoms with van der Waals surface area (Å²) in [4.78, 5) is 40.1. The van der Waals surface area contributed by atoms with Gasteiger partial charge in [-0.05, 0) is 66.3 Å².